The maximum Gasteiger partial charge on any atom is 0.255 e. The summed E-state index contributed by atoms with van der Waals surface area (Å²) in [4.78, 5) is 36.1. The fourth-order valence-electron chi connectivity index (χ4n) is 3.97. The van der Waals surface area contributed by atoms with E-state index in [1.807, 2.05) is 6.92 Å². The third-order valence-electron chi connectivity index (χ3n) is 6.38. The molecule has 3 heterocycles. The first kappa shape index (κ1) is 25.2. The summed E-state index contributed by atoms with van der Waals surface area (Å²) in [5, 5.41) is 15.2. The summed E-state index contributed by atoms with van der Waals surface area (Å²) in [5.41, 5.74) is 3.39. The quantitative estimate of drug-likeness (QED) is 0.222. The number of anilines is 1. The number of carbonyl (C=O) groups excluding carboxylic acids is 2. The van der Waals surface area contributed by atoms with Crippen LogP contribution in [0.3, 0.4) is 0 Å². The molecule has 1 atom stereocenters. The lowest BCUT2D eigenvalue weighted by molar-refractivity contribution is -0.122. The van der Waals surface area contributed by atoms with Crippen molar-refractivity contribution in [3.8, 4) is 12.3 Å². The Hall–Kier alpha value is -3.90. The standard InChI is InChI=1S/C20H21ClN6O.C6H7NO/c1-10(11-3-4-11)26-20(28)14-8-24-19-18(14)27-16(9-25-19)17(22)13-6-5-12(21)7-15(13)23-2;1-2-6-3-7(4-6)5-8/h5-11,22-23H,3-4H2,1-2H3,(H,24,25)(H,26,28);1,5-6H,3-4H2/t10-;/m0./s1. The molecule has 1 aliphatic carbocycles. The summed E-state index contributed by atoms with van der Waals surface area (Å²) < 4.78 is 0. The van der Waals surface area contributed by atoms with Crippen molar-refractivity contribution in [1.82, 2.24) is 25.2 Å². The van der Waals surface area contributed by atoms with Gasteiger partial charge in [0.05, 0.1) is 23.4 Å². The minimum atomic E-state index is -0.175. The van der Waals surface area contributed by atoms with E-state index < -0.39 is 0 Å². The van der Waals surface area contributed by atoms with Crippen LogP contribution in [0.2, 0.25) is 5.02 Å². The number of aromatic amines is 1. The van der Waals surface area contributed by atoms with Gasteiger partial charge in [0.15, 0.2) is 5.65 Å². The van der Waals surface area contributed by atoms with Crippen molar-refractivity contribution in [3.63, 3.8) is 0 Å². The van der Waals surface area contributed by atoms with E-state index in [0.29, 0.717) is 44.8 Å². The average molecular weight is 506 g/mol. The molecular formula is C26H28ClN7O2. The zero-order chi connectivity index (χ0) is 25.8. The van der Waals surface area contributed by atoms with E-state index in [0.717, 1.165) is 38.0 Å². The topological polar surface area (TPSA) is 127 Å². The molecule has 36 heavy (non-hydrogen) atoms. The van der Waals surface area contributed by atoms with Crippen LogP contribution in [0.1, 0.15) is 41.4 Å². The number of hydrogen-bond acceptors (Lipinski definition) is 6. The second-order valence-electron chi connectivity index (χ2n) is 8.99. The Morgan fingerprint density at radius 1 is 1.36 bits per heavy atom. The molecule has 9 nitrogen and oxygen atoms in total. The summed E-state index contributed by atoms with van der Waals surface area (Å²) in [7, 11) is 1.77. The smallest absolute Gasteiger partial charge is 0.255 e. The fourth-order valence-corrected chi connectivity index (χ4v) is 4.14. The number of fused-ring (bicyclic) bond motifs is 1. The predicted octanol–water partition coefficient (Wildman–Crippen LogP) is 3.31. The van der Waals surface area contributed by atoms with Gasteiger partial charge in [-0.3, -0.25) is 15.0 Å². The zero-order valence-corrected chi connectivity index (χ0v) is 20.9. The molecule has 5 rings (SSSR count). The number of likely N-dealkylation sites (tertiary alicyclic amines) is 1. The summed E-state index contributed by atoms with van der Waals surface area (Å²) >= 11 is 6.05. The minimum Gasteiger partial charge on any atom is -0.388 e. The van der Waals surface area contributed by atoms with Gasteiger partial charge in [-0.1, -0.05) is 17.5 Å². The molecule has 2 amide bonds. The number of carbonyl (C=O) groups is 2. The lowest BCUT2D eigenvalue weighted by atomic mass is 10.0. The van der Waals surface area contributed by atoms with Crippen LogP contribution in [0.15, 0.2) is 30.6 Å². The van der Waals surface area contributed by atoms with Crippen LogP contribution in [-0.2, 0) is 4.79 Å². The van der Waals surface area contributed by atoms with Crippen LogP contribution in [0.25, 0.3) is 11.2 Å². The summed E-state index contributed by atoms with van der Waals surface area (Å²) in [6, 6.07) is 5.39. The third kappa shape index (κ3) is 5.50. The largest absolute Gasteiger partial charge is 0.388 e. The van der Waals surface area contributed by atoms with Gasteiger partial charge in [-0.25, -0.2) is 9.97 Å². The summed E-state index contributed by atoms with van der Waals surface area (Å²) in [6.07, 6.45) is 11.4. The van der Waals surface area contributed by atoms with Gasteiger partial charge in [0.25, 0.3) is 5.91 Å². The van der Waals surface area contributed by atoms with Crippen LogP contribution < -0.4 is 10.6 Å². The van der Waals surface area contributed by atoms with Crippen molar-refractivity contribution in [2.75, 3.05) is 25.5 Å². The number of rotatable bonds is 7. The van der Waals surface area contributed by atoms with E-state index in [1.54, 1.807) is 36.3 Å². The first-order valence-corrected chi connectivity index (χ1v) is 12.1. The lowest BCUT2D eigenvalue weighted by Crippen LogP contribution is -2.44. The van der Waals surface area contributed by atoms with Crippen molar-refractivity contribution < 1.29 is 9.59 Å². The molecule has 1 aromatic carbocycles. The van der Waals surface area contributed by atoms with Crippen LogP contribution >= 0.6 is 11.6 Å². The third-order valence-corrected chi connectivity index (χ3v) is 6.62. The first-order valence-electron chi connectivity index (χ1n) is 11.7. The van der Waals surface area contributed by atoms with Gasteiger partial charge in [0.1, 0.15) is 11.2 Å². The molecule has 10 heteroatoms. The molecule has 0 radical (unpaired) electrons. The van der Waals surface area contributed by atoms with E-state index in [4.69, 9.17) is 23.4 Å². The second-order valence-corrected chi connectivity index (χ2v) is 9.43. The van der Waals surface area contributed by atoms with Crippen molar-refractivity contribution in [2.45, 2.75) is 25.8 Å². The average Bonchev–Trinajstić information content (AvgIpc) is 3.62. The Balaban J connectivity index is 0.000000325. The second kappa shape index (κ2) is 10.8. The van der Waals surface area contributed by atoms with Gasteiger partial charge < -0.3 is 20.5 Å². The Morgan fingerprint density at radius 2 is 2.11 bits per heavy atom. The minimum absolute atomic E-state index is 0.138. The molecule has 2 fully saturated rings. The zero-order valence-electron chi connectivity index (χ0n) is 20.1. The van der Waals surface area contributed by atoms with Crippen LogP contribution in [-0.4, -0.2) is 64.1 Å². The number of terminal acetylenes is 1. The molecule has 3 aromatic rings. The molecule has 2 aromatic heterocycles. The monoisotopic (exact) mass is 505 g/mol. The lowest BCUT2D eigenvalue weighted by Gasteiger charge is -2.32. The van der Waals surface area contributed by atoms with Gasteiger partial charge in [0, 0.05) is 48.6 Å². The van der Waals surface area contributed by atoms with E-state index in [9.17, 15) is 9.59 Å². The van der Waals surface area contributed by atoms with Crippen LogP contribution in [0.4, 0.5) is 5.69 Å². The van der Waals surface area contributed by atoms with Crippen LogP contribution in [0, 0.1) is 29.6 Å². The number of H-pyrrole nitrogens is 1. The maximum absolute atomic E-state index is 12.7. The summed E-state index contributed by atoms with van der Waals surface area (Å²) in [5.74, 6) is 3.27. The van der Waals surface area contributed by atoms with Crippen molar-refractivity contribution in [1.29, 1.82) is 5.41 Å². The van der Waals surface area contributed by atoms with Gasteiger partial charge in [-0.2, -0.15) is 0 Å². The van der Waals surface area contributed by atoms with Gasteiger partial charge in [-0.15, -0.1) is 6.42 Å². The predicted molar refractivity (Wildman–Crippen MR) is 140 cm³/mol. The fraction of sp³-hybridized carbons (Fsp3) is 0.346. The molecule has 186 valence electrons. The molecule has 0 bridgehead atoms. The highest BCUT2D eigenvalue weighted by Gasteiger charge is 2.30. The highest BCUT2D eigenvalue weighted by atomic mass is 35.5. The van der Waals surface area contributed by atoms with Gasteiger partial charge in [-0.05, 0) is 43.9 Å². The first-order chi connectivity index (χ1) is 17.3. The number of hydrogen-bond donors (Lipinski definition) is 4. The normalized spacial score (nSPS) is 15.7. The summed E-state index contributed by atoms with van der Waals surface area (Å²) in [6.45, 7) is 3.52. The number of nitrogens with one attached hydrogen (secondary N) is 4. The number of benzene rings is 1. The van der Waals surface area contributed by atoms with Crippen molar-refractivity contribution in [2.24, 2.45) is 11.8 Å². The molecular weight excluding hydrogens is 478 g/mol. The Morgan fingerprint density at radius 3 is 2.75 bits per heavy atom. The van der Waals surface area contributed by atoms with Crippen LogP contribution in [0.5, 0.6) is 0 Å². The van der Waals surface area contributed by atoms with Crippen molar-refractivity contribution >= 4 is 46.5 Å². The maximum atomic E-state index is 12.7. The van der Waals surface area contributed by atoms with E-state index >= 15 is 0 Å². The highest BCUT2D eigenvalue weighted by molar-refractivity contribution is 6.31. The van der Waals surface area contributed by atoms with Gasteiger partial charge >= 0.3 is 0 Å². The molecule has 1 aliphatic heterocycles. The number of aromatic nitrogens is 3. The number of amides is 2. The molecule has 0 unspecified atom stereocenters. The Bertz CT molecular complexity index is 1340. The van der Waals surface area contributed by atoms with Gasteiger partial charge in [0.2, 0.25) is 6.41 Å². The molecule has 4 N–H and O–H groups in total. The van der Waals surface area contributed by atoms with Crippen molar-refractivity contribution in [3.05, 3.63) is 52.4 Å². The number of nitrogens with zero attached hydrogens (tertiary/aromatic N) is 3. The van der Waals surface area contributed by atoms with E-state index in [-0.39, 0.29) is 17.7 Å². The molecule has 1 saturated carbocycles. The molecule has 1 saturated heterocycles. The Labute approximate surface area is 214 Å². The SMILES string of the molecule is C#CC1CN(C=O)C1.CNc1cc(Cl)ccc1C(=N)c1cnc2[nH]cc(C(=O)N[C@@H](C)C3CC3)c2n1. The highest BCUT2D eigenvalue weighted by Crippen LogP contribution is 2.32. The molecule has 0 spiro atoms. The van der Waals surface area contributed by atoms with E-state index in [2.05, 4.69) is 31.5 Å². The number of halogens is 1. The Kier molecular flexibility index (Phi) is 7.55. The van der Waals surface area contributed by atoms with E-state index in [1.165, 1.54) is 6.20 Å². The molecule has 2 aliphatic rings.